The lowest BCUT2D eigenvalue weighted by molar-refractivity contribution is 1.23. The molecule has 0 aliphatic heterocycles. The van der Waals surface area contributed by atoms with Gasteiger partial charge in [-0.2, -0.15) is 5.26 Å². The SMILES string of the molecule is N#Cc1cccc(-c2nc3[nH]c(=O)ccc3cc2-c2cc(Cl)c3nc[nH]c3c2)c1. The van der Waals surface area contributed by atoms with Gasteiger partial charge in [0.25, 0.3) is 0 Å². The standard InChI is InChI=1S/C22H12ClN5O/c23-17-8-15(9-18-21(17)26-11-25-18)16-7-14-4-5-19(29)27-22(14)28-20(16)13-3-1-2-12(6-13)10-24/h1-9,11H,(H,25,26)(H,27,28,29). The lowest BCUT2D eigenvalue weighted by Gasteiger charge is -2.12. The van der Waals surface area contributed by atoms with Crippen LogP contribution >= 0.6 is 11.6 Å². The third-order valence-electron chi connectivity index (χ3n) is 4.76. The highest BCUT2D eigenvalue weighted by Crippen LogP contribution is 2.36. The molecule has 7 heteroatoms. The number of imidazole rings is 1. The third kappa shape index (κ3) is 2.94. The highest BCUT2D eigenvalue weighted by molar-refractivity contribution is 6.35. The summed E-state index contributed by atoms with van der Waals surface area (Å²) < 4.78 is 0. The summed E-state index contributed by atoms with van der Waals surface area (Å²) >= 11 is 6.45. The van der Waals surface area contributed by atoms with Gasteiger partial charge in [-0.1, -0.05) is 23.7 Å². The van der Waals surface area contributed by atoms with Crippen LogP contribution in [-0.2, 0) is 0 Å². The van der Waals surface area contributed by atoms with Crippen LogP contribution in [0, 0.1) is 11.3 Å². The van der Waals surface area contributed by atoms with Gasteiger partial charge in [-0.3, -0.25) is 4.79 Å². The van der Waals surface area contributed by atoms with E-state index >= 15 is 0 Å². The Balaban J connectivity index is 1.85. The van der Waals surface area contributed by atoms with Gasteiger partial charge in [0.2, 0.25) is 5.56 Å². The van der Waals surface area contributed by atoms with Crippen molar-refractivity contribution in [3.63, 3.8) is 0 Å². The molecule has 29 heavy (non-hydrogen) atoms. The molecule has 5 rings (SSSR count). The second-order valence-electron chi connectivity index (χ2n) is 6.59. The summed E-state index contributed by atoms with van der Waals surface area (Å²) in [5.74, 6) is 0. The normalized spacial score (nSPS) is 11.0. The minimum Gasteiger partial charge on any atom is -0.345 e. The van der Waals surface area contributed by atoms with E-state index in [0.717, 1.165) is 27.6 Å². The molecule has 0 amide bonds. The van der Waals surface area contributed by atoms with Gasteiger partial charge in [0.15, 0.2) is 0 Å². The number of halogens is 1. The zero-order valence-electron chi connectivity index (χ0n) is 14.9. The number of aromatic amines is 2. The lowest BCUT2D eigenvalue weighted by Crippen LogP contribution is -2.04. The summed E-state index contributed by atoms with van der Waals surface area (Å²) in [5, 5.41) is 10.6. The summed E-state index contributed by atoms with van der Waals surface area (Å²) in [6.07, 6.45) is 1.60. The first kappa shape index (κ1) is 17.2. The Morgan fingerprint density at radius 2 is 1.93 bits per heavy atom. The number of hydrogen-bond acceptors (Lipinski definition) is 4. The maximum absolute atomic E-state index is 11.8. The first-order chi connectivity index (χ1) is 14.1. The molecule has 138 valence electrons. The largest absolute Gasteiger partial charge is 0.345 e. The van der Waals surface area contributed by atoms with E-state index in [1.165, 1.54) is 6.07 Å². The van der Waals surface area contributed by atoms with Crippen molar-refractivity contribution in [3.05, 3.63) is 81.9 Å². The zero-order chi connectivity index (χ0) is 20.0. The fourth-order valence-corrected chi connectivity index (χ4v) is 3.69. The number of H-pyrrole nitrogens is 2. The van der Waals surface area contributed by atoms with Crippen LogP contribution in [-0.4, -0.2) is 19.9 Å². The van der Waals surface area contributed by atoms with Crippen molar-refractivity contribution in [1.82, 2.24) is 19.9 Å². The molecular formula is C22H12ClN5O. The molecule has 6 nitrogen and oxygen atoms in total. The van der Waals surface area contributed by atoms with Crippen LogP contribution in [0.3, 0.4) is 0 Å². The van der Waals surface area contributed by atoms with E-state index < -0.39 is 0 Å². The van der Waals surface area contributed by atoms with Crippen LogP contribution in [0.5, 0.6) is 0 Å². The molecule has 2 N–H and O–H groups in total. The number of nitrogens with zero attached hydrogens (tertiary/aromatic N) is 3. The highest BCUT2D eigenvalue weighted by Gasteiger charge is 2.15. The Morgan fingerprint density at radius 1 is 1.03 bits per heavy atom. The monoisotopic (exact) mass is 397 g/mol. The molecular weight excluding hydrogens is 386 g/mol. The second kappa shape index (κ2) is 6.59. The van der Waals surface area contributed by atoms with Gasteiger partial charge in [0, 0.05) is 22.6 Å². The van der Waals surface area contributed by atoms with E-state index in [9.17, 15) is 10.1 Å². The molecule has 0 fully saturated rings. The number of fused-ring (bicyclic) bond motifs is 2. The number of aromatic nitrogens is 4. The van der Waals surface area contributed by atoms with E-state index in [-0.39, 0.29) is 5.56 Å². The quantitative estimate of drug-likeness (QED) is 0.452. The van der Waals surface area contributed by atoms with Crippen molar-refractivity contribution >= 4 is 33.7 Å². The number of benzene rings is 2. The lowest BCUT2D eigenvalue weighted by atomic mass is 9.97. The number of rotatable bonds is 2. The van der Waals surface area contributed by atoms with E-state index in [2.05, 4.69) is 21.0 Å². The molecule has 3 heterocycles. The molecule has 0 bridgehead atoms. The average molecular weight is 398 g/mol. The van der Waals surface area contributed by atoms with Gasteiger partial charge in [0.1, 0.15) is 11.2 Å². The first-order valence-electron chi connectivity index (χ1n) is 8.80. The predicted molar refractivity (Wildman–Crippen MR) is 113 cm³/mol. The van der Waals surface area contributed by atoms with Crippen molar-refractivity contribution in [2.45, 2.75) is 0 Å². The van der Waals surface area contributed by atoms with Crippen LogP contribution in [0.4, 0.5) is 0 Å². The minimum atomic E-state index is -0.226. The van der Waals surface area contributed by atoms with Crippen LogP contribution in [0.1, 0.15) is 5.56 Å². The smallest absolute Gasteiger partial charge is 0.249 e. The van der Waals surface area contributed by atoms with Gasteiger partial charge in [0.05, 0.1) is 34.2 Å². The van der Waals surface area contributed by atoms with E-state index in [1.54, 1.807) is 24.5 Å². The number of pyridine rings is 2. The van der Waals surface area contributed by atoms with Gasteiger partial charge < -0.3 is 9.97 Å². The van der Waals surface area contributed by atoms with E-state index in [0.29, 0.717) is 27.4 Å². The van der Waals surface area contributed by atoms with E-state index in [4.69, 9.17) is 16.6 Å². The van der Waals surface area contributed by atoms with Gasteiger partial charge >= 0.3 is 0 Å². The van der Waals surface area contributed by atoms with Crippen molar-refractivity contribution < 1.29 is 0 Å². The molecule has 0 radical (unpaired) electrons. The number of hydrogen-bond donors (Lipinski definition) is 2. The third-order valence-corrected chi connectivity index (χ3v) is 5.05. The number of nitriles is 1. The molecule has 0 atom stereocenters. The molecule has 2 aromatic carbocycles. The Hall–Kier alpha value is -3.95. The maximum atomic E-state index is 11.8. The summed E-state index contributed by atoms with van der Waals surface area (Å²) in [6, 6.07) is 18.3. The Bertz CT molecular complexity index is 1510. The molecule has 3 aromatic heterocycles. The Morgan fingerprint density at radius 3 is 2.79 bits per heavy atom. The van der Waals surface area contributed by atoms with Crippen molar-refractivity contribution in [2.24, 2.45) is 0 Å². The first-order valence-corrected chi connectivity index (χ1v) is 9.18. The molecule has 0 aliphatic rings. The highest BCUT2D eigenvalue weighted by atomic mass is 35.5. The van der Waals surface area contributed by atoms with Gasteiger partial charge in [-0.15, -0.1) is 0 Å². The van der Waals surface area contributed by atoms with Crippen molar-refractivity contribution in [3.8, 4) is 28.5 Å². The van der Waals surface area contributed by atoms with Crippen molar-refractivity contribution in [2.75, 3.05) is 0 Å². The van der Waals surface area contributed by atoms with Crippen LogP contribution in [0.25, 0.3) is 44.5 Å². The second-order valence-corrected chi connectivity index (χ2v) is 7.00. The van der Waals surface area contributed by atoms with Crippen LogP contribution in [0.2, 0.25) is 5.02 Å². The summed E-state index contributed by atoms with van der Waals surface area (Å²) in [5.41, 5.74) is 5.38. The molecule has 0 unspecified atom stereocenters. The zero-order valence-corrected chi connectivity index (χ0v) is 15.7. The summed E-state index contributed by atoms with van der Waals surface area (Å²) in [6.45, 7) is 0. The molecule has 0 aliphatic carbocycles. The fraction of sp³-hybridized carbons (Fsp3) is 0. The minimum absolute atomic E-state index is 0.226. The molecule has 0 spiro atoms. The van der Waals surface area contributed by atoms with Crippen molar-refractivity contribution in [1.29, 1.82) is 5.26 Å². The van der Waals surface area contributed by atoms with Gasteiger partial charge in [-0.05, 0) is 42.0 Å². The van der Waals surface area contributed by atoms with Crippen LogP contribution < -0.4 is 5.56 Å². The predicted octanol–water partition coefficient (Wildman–Crippen LogP) is 4.66. The van der Waals surface area contributed by atoms with E-state index in [1.807, 2.05) is 30.3 Å². The molecule has 0 saturated carbocycles. The fourth-order valence-electron chi connectivity index (χ4n) is 3.42. The van der Waals surface area contributed by atoms with Gasteiger partial charge in [-0.25, -0.2) is 9.97 Å². The van der Waals surface area contributed by atoms with Crippen LogP contribution in [0.15, 0.2) is 65.7 Å². The number of nitrogens with one attached hydrogen (secondary N) is 2. The molecule has 5 aromatic rings. The topological polar surface area (TPSA) is 98.2 Å². The maximum Gasteiger partial charge on any atom is 0.249 e. The Kier molecular flexibility index (Phi) is 3.90. The average Bonchev–Trinajstić information content (AvgIpc) is 3.22. The Labute approximate surface area is 169 Å². The molecule has 0 saturated heterocycles. The summed E-state index contributed by atoms with van der Waals surface area (Å²) in [7, 11) is 0. The summed E-state index contributed by atoms with van der Waals surface area (Å²) in [4.78, 5) is 26.6.